The third kappa shape index (κ3) is 2.99. The minimum Gasteiger partial charge on any atom is -0.493 e. The number of hydrogen-bond donors (Lipinski definition) is 0. The van der Waals surface area contributed by atoms with Crippen molar-refractivity contribution in [2.45, 2.75) is 0 Å². The van der Waals surface area contributed by atoms with Gasteiger partial charge in [-0.25, -0.2) is 0 Å². The summed E-state index contributed by atoms with van der Waals surface area (Å²) in [5.74, 6) is 7.08. The molecule has 0 heterocycles. The third-order valence-electron chi connectivity index (χ3n) is 2.75. The van der Waals surface area contributed by atoms with E-state index in [0.717, 1.165) is 11.8 Å². The van der Waals surface area contributed by atoms with E-state index in [4.69, 9.17) is 9.47 Å². The third-order valence-corrected chi connectivity index (χ3v) is 2.75. The van der Waals surface area contributed by atoms with Crippen LogP contribution < -0.4 is 9.47 Å². The largest absolute Gasteiger partial charge is 0.493 e. The van der Waals surface area contributed by atoms with E-state index in [0.29, 0.717) is 22.6 Å². The second-order valence-electron chi connectivity index (χ2n) is 4.04. The van der Waals surface area contributed by atoms with Crippen LogP contribution in [0.25, 0.3) is 0 Å². The average Bonchev–Trinajstić information content (AvgIpc) is 2.52. The molecule has 20 heavy (non-hydrogen) atoms. The van der Waals surface area contributed by atoms with Crippen LogP contribution in [0, 0.1) is 11.8 Å². The Labute approximate surface area is 118 Å². The van der Waals surface area contributed by atoms with E-state index in [1.165, 1.54) is 7.11 Å². The van der Waals surface area contributed by atoms with Crippen LogP contribution >= 0.6 is 0 Å². The van der Waals surface area contributed by atoms with E-state index in [-0.39, 0.29) is 0 Å². The number of hydrogen-bond acceptors (Lipinski definition) is 3. The number of ether oxygens (including phenoxy) is 2. The van der Waals surface area contributed by atoms with Gasteiger partial charge in [-0.05, 0) is 24.3 Å². The molecule has 100 valence electrons. The Morgan fingerprint density at radius 3 is 2.35 bits per heavy atom. The zero-order chi connectivity index (χ0) is 14.4. The van der Waals surface area contributed by atoms with Gasteiger partial charge in [-0.3, -0.25) is 4.79 Å². The van der Waals surface area contributed by atoms with Gasteiger partial charge in [-0.15, -0.1) is 0 Å². The Morgan fingerprint density at radius 2 is 1.75 bits per heavy atom. The van der Waals surface area contributed by atoms with Crippen LogP contribution in [0.5, 0.6) is 11.5 Å². The molecule has 0 atom stereocenters. The summed E-state index contributed by atoms with van der Waals surface area (Å²) < 4.78 is 10.5. The van der Waals surface area contributed by atoms with Crippen molar-refractivity contribution >= 4 is 6.29 Å². The summed E-state index contributed by atoms with van der Waals surface area (Å²) in [6, 6.07) is 12.9. The molecule has 0 radical (unpaired) electrons. The highest BCUT2D eigenvalue weighted by Gasteiger charge is 2.10. The molecule has 0 saturated heterocycles. The van der Waals surface area contributed by atoms with Crippen LogP contribution in [-0.4, -0.2) is 20.5 Å². The van der Waals surface area contributed by atoms with Gasteiger partial charge < -0.3 is 9.47 Å². The Hall–Kier alpha value is -2.73. The fourth-order valence-electron chi connectivity index (χ4n) is 1.81. The minimum absolute atomic E-state index is 0.495. The summed E-state index contributed by atoms with van der Waals surface area (Å²) in [6.07, 6.45) is 0.760. The van der Waals surface area contributed by atoms with E-state index < -0.39 is 0 Å². The maximum atomic E-state index is 11.0. The molecule has 2 rings (SSSR count). The van der Waals surface area contributed by atoms with Gasteiger partial charge in [0.2, 0.25) is 0 Å². The van der Waals surface area contributed by atoms with Crippen molar-refractivity contribution < 1.29 is 14.3 Å². The Morgan fingerprint density at radius 1 is 1.00 bits per heavy atom. The molecule has 0 aliphatic rings. The van der Waals surface area contributed by atoms with Gasteiger partial charge in [0.05, 0.1) is 19.8 Å². The predicted octanol–water partition coefficient (Wildman–Crippen LogP) is 2.92. The SMILES string of the molecule is COc1cc(C=O)cc(C#Cc2ccccc2)c1OC. The van der Waals surface area contributed by atoms with Crippen molar-refractivity contribution in [1.29, 1.82) is 0 Å². The van der Waals surface area contributed by atoms with Crippen molar-refractivity contribution in [2.75, 3.05) is 14.2 Å². The van der Waals surface area contributed by atoms with Crippen LogP contribution in [-0.2, 0) is 0 Å². The average molecular weight is 266 g/mol. The summed E-state index contributed by atoms with van der Waals surface area (Å²) in [5, 5.41) is 0. The fourth-order valence-corrected chi connectivity index (χ4v) is 1.81. The molecule has 0 aliphatic carbocycles. The molecule has 0 fully saturated rings. The normalized spacial score (nSPS) is 9.30. The van der Waals surface area contributed by atoms with E-state index in [1.54, 1.807) is 19.2 Å². The van der Waals surface area contributed by atoms with Crippen LogP contribution in [0.1, 0.15) is 21.5 Å². The lowest BCUT2D eigenvalue weighted by Gasteiger charge is -2.10. The predicted molar refractivity (Wildman–Crippen MR) is 77.4 cm³/mol. The lowest BCUT2D eigenvalue weighted by molar-refractivity contribution is 0.112. The van der Waals surface area contributed by atoms with Gasteiger partial charge in [0.1, 0.15) is 6.29 Å². The van der Waals surface area contributed by atoms with Crippen molar-refractivity contribution in [2.24, 2.45) is 0 Å². The second-order valence-corrected chi connectivity index (χ2v) is 4.04. The summed E-state index contributed by atoms with van der Waals surface area (Å²) in [4.78, 5) is 11.0. The molecule has 2 aromatic carbocycles. The Balaban J connectivity index is 2.50. The number of benzene rings is 2. The van der Waals surface area contributed by atoms with E-state index in [2.05, 4.69) is 11.8 Å². The lowest BCUT2D eigenvalue weighted by atomic mass is 10.1. The summed E-state index contributed by atoms with van der Waals surface area (Å²) in [6.45, 7) is 0. The minimum atomic E-state index is 0.495. The van der Waals surface area contributed by atoms with E-state index in [9.17, 15) is 4.79 Å². The molecule has 0 N–H and O–H groups in total. The molecule has 3 heteroatoms. The van der Waals surface area contributed by atoms with Gasteiger partial charge in [-0.1, -0.05) is 30.0 Å². The first kappa shape index (κ1) is 13.7. The first-order chi connectivity index (χ1) is 9.78. The number of carbonyl (C=O) groups excluding carboxylic acids is 1. The molecule has 0 unspecified atom stereocenters. The highest BCUT2D eigenvalue weighted by molar-refractivity contribution is 5.78. The number of carbonyl (C=O) groups is 1. The maximum Gasteiger partial charge on any atom is 0.176 e. The molecule has 2 aromatic rings. The lowest BCUT2D eigenvalue weighted by Crippen LogP contribution is -1.96. The van der Waals surface area contributed by atoms with Crippen LogP contribution in [0.15, 0.2) is 42.5 Å². The molecule has 0 bridgehead atoms. The molecule has 3 nitrogen and oxygen atoms in total. The van der Waals surface area contributed by atoms with Crippen molar-refractivity contribution in [3.8, 4) is 23.3 Å². The van der Waals surface area contributed by atoms with Crippen molar-refractivity contribution in [3.05, 3.63) is 59.2 Å². The van der Waals surface area contributed by atoms with Crippen LogP contribution in [0.4, 0.5) is 0 Å². The molecular formula is C17H14O3. The van der Waals surface area contributed by atoms with Gasteiger partial charge in [0.15, 0.2) is 11.5 Å². The smallest absolute Gasteiger partial charge is 0.176 e. The van der Waals surface area contributed by atoms with Gasteiger partial charge in [-0.2, -0.15) is 0 Å². The first-order valence-electron chi connectivity index (χ1n) is 6.06. The zero-order valence-electron chi connectivity index (χ0n) is 11.3. The Kier molecular flexibility index (Phi) is 4.41. The first-order valence-corrected chi connectivity index (χ1v) is 6.06. The van der Waals surface area contributed by atoms with Gasteiger partial charge in [0, 0.05) is 11.1 Å². The standard InChI is InChI=1S/C17H14O3/c1-19-16-11-14(12-18)10-15(17(16)20-2)9-8-13-6-4-3-5-7-13/h3-7,10-12H,1-2H3. The zero-order valence-corrected chi connectivity index (χ0v) is 11.3. The quantitative estimate of drug-likeness (QED) is 0.633. The summed E-state index contributed by atoms with van der Waals surface area (Å²) in [5.41, 5.74) is 2.02. The van der Waals surface area contributed by atoms with Gasteiger partial charge >= 0.3 is 0 Å². The summed E-state index contributed by atoms with van der Waals surface area (Å²) in [7, 11) is 3.08. The number of aldehydes is 1. The Bertz CT molecular complexity index is 664. The van der Waals surface area contributed by atoms with Crippen LogP contribution in [0.2, 0.25) is 0 Å². The van der Waals surface area contributed by atoms with Gasteiger partial charge in [0.25, 0.3) is 0 Å². The maximum absolute atomic E-state index is 11.0. The molecular weight excluding hydrogens is 252 g/mol. The van der Waals surface area contributed by atoms with Crippen LogP contribution in [0.3, 0.4) is 0 Å². The molecule has 0 aromatic heterocycles. The number of methoxy groups -OCH3 is 2. The molecule has 0 saturated carbocycles. The molecule has 0 aliphatic heterocycles. The van der Waals surface area contributed by atoms with Crippen molar-refractivity contribution in [1.82, 2.24) is 0 Å². The highest BCUT2D eigenvalue weighted by Crippen LogP contribution is 2.31. The summed E-state index contributed by atoms with van der Waals surface area (Å²) >= 11 is 0. The monoisotopic (exact) mass is 266 g/mol. The van der Waals surface area contributed by atoms with Crippen molar-refractivity contribution in [3.63, 3.8) is 0 Å². The molecule has 0 spiro atoms. The second kappa shape index (κ2) is 6.44. The fraction of sp³-hybridized carbons (Fsp3) is 0.118. The highest BCUT2D eigenvalue weighted by atomic mass is 16.5. The topological polar surface area (TPSA) is 35.5 Å². The number of rotatable bonds is 3. The molecule has 0 amide bonds. The van der Waals surface area contributed by atoms with E-state index in [1.807, 2.05) is 30.3 Å². The van der Waals surface area contributed by atoms with E-state index >= 15 is 0 Å².